The number of amides is 1. The summed E-state index contributed by atoms with van der Waals surface area (Å²) in [6, 6.07) is 3.85. The maximum atomic E-state index is 11.2. The minimum atomic E-state index is -0.819. The summed E-state index contributed by atoms with van der Waals surface area (Å²) in [5.74, 6) is 1.26. The third-order valence-electron chi connectivity index (χ3n) is 4.42. The highest BCUT2D eigenvalue weighted by atomic mass is 16.5. The molecular formula is C17H25N5O2. The molecule has 1 fully saturated rings. The van der Waals surface area contributed by atoms with Gasteiger partial charge in [-0.3, -0.25) is 0 Å². The number of ether oxygens (including phenoxy) is 1. The number of nitrogens with two attached hydrogens (primary N) is 1. The van der Waals surface area contributed by atoms with Crippen LogP contribution in [0.5, 0.6) is 5.75 Å². The molecule has 3 rings (SSSR count). The summed E-state index contributed by atoms with van der Waals surface area (Å²) >= 11 is 0. The molecule has 1 saturated heterocycles. The molecule has 0 atom stereocenters. The first-order valence-electron chi connectivity index (χ1n) is 8.52. The number of hydrogen-bond acceptors (Lipinski definition) is 5. The van der Waals surface area contributed by atoms with Gasteiger partial charge < -0.3 is 25.3 Å². The molecule has 24 heavy (non-hydrogen) atoms. The monoisotopic (exact) mass is 331 g/mol. The number of imidazole rings is 1. The number of H-pyrrole nitrogens is 1. The Balaban J connectivity index is 1.86. The number of carbonyl (C=O) groups excluding carboxylic acids is 1. The maximum absolute atomic E-state index is 11.2. The number of nitrogens with one attached hydrogen (secondary N) is 1. The van der Waals surface area contributed by atoms with Gasteiger partial charge in [-0.25, -0.2) is 9.78 Å². The fraction of sp³-hybridized carbons (Fsp3) is 0.529. The summed E-state index contributed by atoms with van der Waals surface area (Å²) in [5.41, 5.74) is 7.52. The highest BCUT2D eigenvalue weighted by molar-refractivity contribution is 5.87. The average Bonchev–Trinajstić information content (AvgIpc) is 2.83. The van der Waals surface area contributed by atoms with E-state index in [9.17, 15) is 4.79 Å². The van der Waals surface area contributed by atoms with Crippen LogP contribution < -0.4 is 15.4 Å². The number of benzene rings is 1. The summed E-state index contributed by atoms with van der Waals surface area (Å²) in [6.45, 7) is 9.29. The van der Waals surface area contributed by atoms with Crippen LogP contribution in [-0.2, 0) is 0 Å². The van der Waals surface area contributed by atoms with Gasteiger partial charge in [0.1, 0.15) is 5.52 Å². The van der Waals surface area contributed by atoms with Crippen molar-refractivity contribution < 1.29 is 9.53 Å². The summed E-state index contributed by atoms with van der Waals surface area (Å²) in [5, 5.41) is 0. The number of anilines is 1. The van der Waals surface area contributed by atoms with Gasteiger partial charge >= 0.3 is 6.09 Å². The van der Waals surface area contributed by atoms with Gasteiger partial charge in [-0.2, -0.15) is 0 Å². The van der Waals surface area contributed by atoms with Crippen LogP contribution in [-0.4, -0.2) is 53.7 Å². The van der Waals surface area contributed by atoms with Gasteiger partial charge in [0.2, 0.25) is 5.95 Å². The Hall–Kier alpha value is -2.28. The molecule has 130 valence electrons. The number of aromatic nitrogens is 2. The van der Waals surface area contributed by atoms with Crippen molar-refractivity contribution >= 4 is 23.1 Å². The van der Waals surface area contributed by atoms with Gasteiger partial charge in [-0.05, 0) is 44.5 Å². The predicted molar refractivity (Wildman–Crippen MR) is 94.6 cm³/mol. The van der Waals surface area contributed by atoms with Crippen LogP contribution in [0.4, 0.5) is 10.7 Å². The Morgan fingerprint density at radius 3 is 2.92 bits per heavy atom. The lowest BCUT2D eigenvalue weighted by molar-refractivity contribution is 0.211. The van der Waals surface area contributed by atoms with E-state index in [-0.39, 0.29) is 0 Å². The number of nitrogens with zero attached hydrogens (tertiary/aromatic N) is 3. The number of aryl methyl sites for hydroxylation is 1. The molecule has 0 spiro atoms. The van der Waals surface area contributed by atoms with Crippen molar-refractivity contribution in [1.29, 1.82) is 0 Å². The number of rotatable bonds is 4. The van der Waals surface area contributed by atoms with Crippen molar-refractivity contribution in [2.45, 2.75) is 26.7 Å². The van der Waals surface area contributed by atoms with Crippen molar-refractivity contribution in [2.75, 3.05) is 37.6 Å². The van der Waals surface area contributed by atoms with E-state index in [1.165, 1.54) is 6.42 Å². The Bertz CT molecular complexity index is 727. The van der Waals surface area contributed by atoms with E-state index < -0.39 is 6.09 Å². The largest absolute Gasteiger partial charge is 0.410 e. The van der Waals surface area contributed by atoms with E-state index in [4.69, 9.17) is 10.5 Å². The summed E-state index contributed by atoms with van der Waals surface area (Å²) in [7, 11) is 0. The molecule has 3 N–H and O–H groups in total. The quantitative estimate of drug-likeness (QED) is 0.897. The second-order valence-corrected chi connectivity index (χ2v) is 6.27. The fourth-order valence-electron chi connectivity index (χ4n) is 3.24. The van der Waals surface area contributed by atoms with E-state index >= 15 is 0 Å². The molecule has 0 radical (unpaired) electrons. The molecule has 0 saturated carbocycles. The van der Waals surface area contributed by atoms with Gasteiger partial charge in [0, 0.05) is 19.6 Å². The Kier molecular flexibility index (Phi) is 4.89. The zero-order valence-corrected chi connectivity index (χ0v) is 14.3. The third kappa shape index (κ3) is 3.46. The van der Waals surface area contributed by atoms with Crippen LogP contribution in [0.3, 0.4) is 0 Å². The van der Waals surface area contributed by atoms with Crippen molar-refractivity contribution in [3.8, 4) is 5.75 Å². The van der Waals surface area contributed by atoms with E-state index in [2.05, 4.69) is 26.7 Å². The molecule has 1 aromatic carbocycles. The molecule has 0 unspecified atom stereocenters. The maximum Gasteiger partial charge on any atom is 0.410 e. The lowest BCUT2D eigenvalue weighted by Crippen LogP contribution is -2.31. The van der Waals surface area contributed by atoms with Gasteiger partial charge in [-0.15, -0.1) is 0 Å². The summed E-state index contributed by atoms with van der Waals surface area (Å²) < 4.78 is 5.16. The number of fused-ring (bicyclic) bond motifs is 1. The van der Waals surface area contributed by atoms with Gasteiger partial charge in [-0.1, -0.05) is 13.0 Å². The van der Waals surface area contributed by atoms with E-state index in [1.54, 1.807) is 0 Å². The second-order valence-electron chi connectivity index (χ2n) is 6.27. The number of primary amides is 1. The van der Waals surface area contributed by atoms with Crippen LogP contribution in [0, 0.1) is 6.92 Å². The Morgan fingerprint density at radius 2 is 2.17 bits per heavy atom. The lowest BCUT2D eigenvalue weighted by Gasteiger charge is -2.20. The zero-order chi connectivity index (χ0) is 17.1. The molecule has 0 bridgehead atoms. The molecule has 1 aromatic heterocycles. The smallest absolute Gasteiger partial charge is 0.408 e. The molecule has 1 aliphatic rings. The van der Waals surface area contributed by atoms with Gasteiger partial charge in [0.05, 0.1) is 5.52 Å². The number of carbonyl (C=O) groups is 1. The molecule has 0 aliphatic carbocycles. The number of aromatic amines is 1. The van der Waals surface area contributed by atoms with Crippen molar-refractivity contribution in [3.05, 3.63) is 17.7 Å². The molecule has 7 nitrogen and oxygen atoms in total. The molecule has 1 aliphatic heterocycles. The van der Waals surface area contributed by atoms with Crippen molar-refractivity contribution in [3.63, 3.8) is 0 Å². The van der Waals surface area contributed by atoms with Crippen molar-refractivity contribution in [2.24, 2.45) is 5.73 Å². The van der Waals surface area contributed by atoms with Gasteiger partial charge in [0.25, 0.3) is 0 Å². The predicted octanol–water partition coefficient (Wildman–Crippen LogP) is 2.25. The second kappa shape index (κ2) is 7.09. The number of hydrogen-bond donors (Lipinski definition) is 2. The zero-order valence-electron chi connectivity index (χ0n) is 14.3. The fourth-order valence-corrected chi connectivity index (χ4v) is 3.24. The first kappa shape index (κ1) is 16.6. The van der Waals surface area contributed by atoms with Crippen LogP contribution in [0.1, 0.15) is 25.3 Å². The Labute approximate surface area is 141 Å². The van der Waals surface area contributed by atoms with E-state index in [0.717, 1.165) is 56.2 Å². The van der Waals surface area contributed by atoms with Crippen molar-refractivity contribution in [1.82, 2.24) is 14.9 Å². The summed E-state index contributed by atoms with van der Waals surface area (Å²) in [4.78, 5) is 23.9. The minimum Gasteiger partial charge on any atom is -0.408 e. The standard InChI is InChI=1S/C17H25N5O2/c1-3-7-21-8-4-9-22(11-10-21)17-19-13-6-5-12(2)15(14(13)20-17)24-16(18)23/h5-6H,3-4,7-11H2,1-2H3,(H2,18,23)(H,19,20). The average molecular weight is 331 g/mol. The minimum absolute atomic E-state index is 0.435. The Morgan fingerprint density at radius 1 is 1.33 bits per heavy atom. The molecule has 2 heterocycles. The first-order chi connectivity index (χ1) is 11.6. The van der Waals surface area contributed by atoms with Gasteiger partial charge in [0.15, 0.2) is 5.75 Å². The highest BCUT2D eigenvalue weighted by Gasteiger charge is 2.19. The molecule has 1 amide bonds. The topological polar surface area (TPSA) is 87.5 Å². The van der Waals surface area contributed by atoms with E-state index in [1.807, 2.05) is 19.1 Å². The highest BCUT2D eigenvalue weighted by Crippen LogP contribution is 2.30. The van der Waals surface area contributed by atoms with E-state index in [0.29, 0.717) is 11.3 Å². The van der Waals surface area contributed by atoms with Crippen LogP contribution >= 0.6 is 0 Å². The molecule has 7 heteroatoms. The SMILES string of the molecule is CCCN1CCCN(c2nc3c(OC(N)=O)c(C)ccc3[nH]2)CC1. The van der Waals surface area contributed by atoms with Crippen LogP contribution in [0.15, 0.2) is 12.1 Å². The first-order valence-corrected chi connectivity index (χ1v) is 8.52. The normalized spacial score (nSPS) is 16.3. The lowest BCUT2D eigenvalue weighted by atomic mass is 10.2. The molecular weight excluding hydrogens is 306 g/mol. The van der Waals surface area contributed by atoms with Crippen LogP contribution in [0.25, 0.3) is 11.0 Å². The molecule has 2 aromatic rings. The summed E-state index contributed by atoms with van der Waals surface area (Å²) in [6.07, 6.45) is 1.47. The third-order valence-corrected chi connectivity index (χ3v) is 4.42. The van der Waals surface area contributed by atoms with Crippen LogP contribution in [0.2, 0.25) is 0 Å².